The van der Waals surface area contributed by atoms with Crippen molar-refractivity contribution in [1.82, 2.24) is 10.2 Å². The summed E-state index contributed by atoms with van der Waals surface area (Å²) in [6.45, 7) is 5.76. The lowest BCUT2D eigenvalue weighted by atomic mass is 10.1. The molecule has 0 heterocycles. The summed E-state index contributed by atoms with van der Waals surface area (Å²) in [4.78, 5) is 27.6. The van der Waals surface area contributed by atoms with Crippen LogP contribution in [0.15, 0.2) is 42.5 Å². The van der Waals surface area contributed by atoms with Crippen molar-refractivity contribution in [3.05, 3.63) is 68.7 Å². The van der Waals surface area contributed by atoms with E-state index < -0.39 is 6.04 Å². The van der Waals surface area contributed by atoms with Gasteiger partial charge in [-0.2, -0.15) is 0 Å². The zero-order valence-corrected chi connectivity index (χ0v) is 19.0. The van der Waals surface area contributed by atoms with Crippen LogP contribution in [0.25, 0.3) is 0 Å². The SMILES string of the molecule is CCC(C(=O)NC(C)C)N(Cc1c(Cl)cccc1Cl)C(=O)Cc1ccccc1Cl. The summed E-state index contributed by atoms with van der Waals surface area (Å²) in [6, 6.07) is 11.7. The monoisotopic (exact) mass is 454 g/mol. The molecule has 0 saturated heterocycles. The van der Waals surface area contributed by atoms with Crippen molar-refractivity contribution in [3.8, 4) is 0 Å². The van der Waals surface area contributed by atoms with E-state index >= 15 is 0 Å². The minimum absolute atomic E-state index is 0.0408. The van der Waals surface area contributed by atoms with Crippen LogP contribution in [0.2, 0.25) is 15.1 Å². The van der Waals surface area contributed by atoms with Gasteiger partial charge in [-0.05, 0) is 44.0 Å². The summed E-state index contributed by atoms with van der Waals surface area (Å²) in [6.07, 6.45) is 0.530. The molecular weight excluding hydrogens is 431 g/mol. The van der Waals surface area contributed by atoms with E-state index in [9.17, 15) is 9.59 Å². The van der Waals surface area contributed by atoms with Gasteiger partial charge >= 0.3 is 0 Å². The van der Waals surface area contributed by atoms with Gasteiger partial charge < -0.3 is 10.2 Å². The largest absolute Gasteiger partial charge is 0.352 e. The number of hydrogen-bond donors (Lipinski definition) is 1. The molecule has 2 aromatic rings. The number of nitrogens with one attached hydrogen (secondary N) is 1. The molecule has 156 valence electrons. The Morgan fingerprint density at radius 2 is 1.55 bits per heavy atom. The summed E-state index contributed by atoms with van der Waals surface area (Å²) in [5.41, 5.74) is 1.31. The second-order valence-electron chi connectivity index (χ2n) is 7.08. The maximum Gasteiger partial charge on any atom is 0.243 e. The van der Waals surface area contributed by atoms with E-state index in [1.54, 1.807) is 30.3 Å². The Labute approximate surface area is 187 Å². The second kappa shape index (κ2) is 10.9. The van der Waals surface area contributed by atoms with E-state index in [1.807, 2.05) is 32.9 Å². The van der Waals surface area contributed by atoms with Gasteiger partial charge in [0, 0.05) is 33.2 Å². The van der Waals surface area contributed by atoms with E-state index in [-0.39, 0.29) is 30.8 Å². The first-order valence-corrected chi connectivity index (χ1v) is 10.6. The van der Waals surface area contributed by atoms with Crippen LogP contribution in [0, 0.1) is 0 Å². The van der Waals surface area contributed by atoms with Crippen LogP contribution in [-0.4, -0.2) is 28.8 Å². The molecular formula is C22H25Cl3N2O2. The lowest BCUT2D eigenvalue weighted by molar-refractivity contribution is -0.141. The Kier molecular flexibility index (Phi) is 8.81. The van der Waals surface area contributed by atoms with Gasteiger partial charge in [-0.25, -0.2) is 0 Å². The molecule has 0 aliphatic rings. The van der Waals surface area contributed by atoms with E-state index in [2.05, 4.69) is 5.32 Å². The van der Waals surface area contributed by atoms with Gasteiger partial charge in [0.15, 0.2) is 0 Å². The zero-order valence-electron chi connectivity index (χ0n) is 16.7. The molecule has 2 aromatic carbocycles. The molecule has 4 nitrogen and oxygen atoms in total. The van der Waals surface area contributed by atoms with E-state index in [0.29, 0.717) is 32.6 Å². The number of halogens is 3. The van der Waals surface area contributed by atoms with Crippen molar-refractivity contribution < 1.29 is 9.59 Å². The lowest BCUT2D eigenvalue weighted by Gasteiger charge is -2.32. The molecule has 2 rings (SSSR count). The van der Waals surface area contributed by atoms with Gasteiger partial charge in [-0.1, -0.05) is 66.0 Å². The molecule has 0 bridgehead atoms. The maximum atomic E-state index is 13.3. The molecule has 2 amide bonds. The number of rotatable bonds is 8. The fraction of sp³-hybridized carbons (Fsp3) is 0.364. The summed E-state index contributed by atoms with van der Waals surface area (Å²) in [5.74, 6) is -0.432. The number of carbonyl (C=O) groups is 2. The molecule has 1 unspecified atom stereocenters. The van der Waals surface area contributed by atoms with E-state index in [0.717, 1.165) is 0 Å². The van der Waals surface area contributed by atoms with Crippen LogP contribution in [-0.2, 0) is 22.6 Å². The predicted molar refractivity (Wildman–Crippen MR) is 120 cm³/mol. The number of nitrogens with zero attached hydrogens (tertiary/aromatic N) is 1. The first kappa shape index (κ1) is 23.5. The molecule has 0 fully saturated rings. The molecule has 0 radical (unpaired) electrons. The van der Waals surface area contributed by atoms with Crippen LogP contribution < -0.4 is 5.32 Å². The number of carbonyl (C=O) groups excluding carboxylic acids is 2. The Balaban J connectivity index is 2.39. The van der Waals surface area contributed by atoms with Crippen LogP contribution in [0.3, 0.4) is 0 Å². The fourth-order valence-corrected chi connectivity index (χ4v) is 3.78. The highest BCUT2D eigenvalue weighted by molar-refractivity contribution is 6.36. The van der Waals surface area contributed by atoms with Crippen LogP contribution >= 0.6 is 34.8 Å². The molecule has 0 spiro atoms. The quantitative estimate of drug-likeness (QED) is 0.569. The third-order valence-electron chi connectivity index (χ3n) is 4.51. The minimum atomic E-state index is -0.653. The predicted octanol–water partition coefficient (Wildman–Crippen LogP) is 5.52. The van der Waals surface area contributed by atoms with Crippen molar-refractivity contribution in [2.45, 2.75) is 52.2 Å². The molecule has 7 heteroatoms. The van der Waals surface area contributed by atoms with Gasteiger partial charge in [-0.3, -0.25) is 9.59 Å². The van der Waals surface area contributed by atoms with Crippen molar-refractivity contribution in [1.29, 1.82) is 0 Å². The van der Waals surface area contributed by atoms with Gasteiger partial charge in [0.05, 0.1) is 6.42 Å². The van der Waals surface area contributed by atoms with Gasteiger partial charge in [0.1, 0.15) is 6.04 Å². The summed E-state index contributed by atoms with van der Waals surface area (Å²) in [7, 11) is 0. The highest BCUT2D eigenvalue weighted by Gasteiger charge is 2.30. The Morgan fingerprint density at radius 3 is 2.10 bits per heavy atom. The van der Waals surface area contributed by atoms with Crippen molar-refractivity contribution >= 4 is 46.6 Å². The standard InChI is InChI=1S/C22H25Cl3N2O2/c1-4-20(22(29)26-14(2)3)27(13-16-18(24)10-7-11-19(16)25)21(28)12-15-8-5-6-9-17(15)23/h5-11,14,20H,4,12-13H2,1-3H3,(H,26,29). The zero-order chi connectivity index (χ0) is 21.6. The Bertz CT molecular complexity index is 851. The molecule has 0 saturated carbocycles. The van der Waals surface area contributed by atoms with Crippen LogP contribution in [0.4, 0.5) is 0 Å². The summed E-state index contributed by atoms with van der Waals surface area (Å²) >= 11 is 18.9. The van der Waals surface area contributed by atoms with E-state index in [1.165, 1.54) is 4.90 Å². The highest BCUT2D eigenvalue weighted by Crippen LogP contribution is 2.27. The smallest absolute Gasteiger partial charge is 0.243 e. The second-order valence-corrected chi connectivity index (χ2v) is 8.30. The first-order valence-electron chi connectivity index (χ1n) is 9.50. The number of benzene rings is 2. The lowest BCUT2D eigenvalue weighted by Crippen LogP contribution is -2.50. The summed E-state index contributed by atoms with van der Waals surface area (Å²) in [5, 5.41) is 4.31. The molecule has 1 N–H and O–H groups in total. The average Bonchev–Trinajstić information content (AvgIpc) is 2.65. The number of hydrogen-bond acceptors (Lipinski definition) is 2. The fourth-order valence-electron chi connectivity index (χ4n) is 3.06. The highest BCUT2D eigenvalue weighted by atomic mass is 35.5. The van der Waals surface area contributed by atoms with Gasteiger partial charge in [0.25, 0.3) is 0 Å². The van der Waals surface area contributed by atoms with Crippen molar-refractivity contribution in [2.24, 2.45) is 0 Å². The van der Waals surface area contributed by atoms with Gasteiger partial charge in [-0.15, -0.1) is 0 Å². The normalized spacial score (nSPS) is 12.0. The Morgan fingerprint density at radius 1 is 0.966 bits per heavy atom. The third kappa shape index (κ3) is 6.36. The van der Waals surface area contributed by atoms with Crippen molar-refractivity contribution in [2.75, 3.05) is 0 Å². The third-order valence-corrected chi connectivity index (χ3v) is 5.58. The number of amides is 2. The summed E-state index contributed by atoms with van der Waals surface area (Å²) < 4.78 is 0. The Hall–Kier alpha value is -1.75. The topological polar surface area (TPSA) is 49.4 Å². The van der Waals surface area contributed by atoms with Gasteiger partial charge in [0.2, 0.25) is 11.8 Å². The van der Waals surface area contributed by atoms with Crippen molar-refractivity contribution in [3.63, 3.8) is 0 Å². The maximum absolute atomic E-state index is 13.3. The molecule has 1 atom stereocenters. The van der Waals surface area contributed by atoms with E-state index in [4.69, 9.17) is 34.8 Å². The molecule has 0 aliphatic carbocycles. The average molecular weight is 456 g/mol. The molecule has 0 aliphatic heterocycles. The first-order chi connectivity index (χ1) is 13.7. The molecule has 29 heavy (non-hydrogen) atoms. The van der Waals surface area contributed by atoms with Crippen LogP contribution in [0.1, 0.15) is 38.3 Å². The minimum Gasteiger partial charge on any atom is -0.352 e. The van der Waals surface area contributed by atoms with Crippen LogP contribution in [0.5, 0.6) is 0 Å². The molecule has 0 aromatic heterocycles.